The molecule has 0 radical (unpaired) electrons. The van der Waals surface area contributed by atoms with Crippen LogP contribution in [0.15, 0.2) is 0 Å². The van der Waals surface area contributed by atoms with E-state index in [2.05, 4.69) is 26.2 Å². The number of aliphatic hydroxyl groups excluding tert-OH is 2. The van der Waals surface area contributed by atoms with Crippen LogP contribution in [-0.2, 0) is 4.12 Å². The molecule has 0 saturated heterocycles. The quantitative estimate of drug-likeness (QED) is 0.649. The number of rotatable bonds is 5. The summed E-state index contributed by atoms with van der Waals surface area (Å²) in [7, 11) is -2.70. The third-order valence-corrected chi connectivity index (χ3v) is 7.39. The van der Waals surface area contributed by atoms with E-state index in [0.29, 0.717) is 6.04 Å². The molecule has 3 nitrogen and oxygen atoms in total. The topological polar surface area (TPSA) is 49.7 Å². The molecule has 0 aliphatic carbocycles. The lowest BCUT2D eigenvalue weighted by molar-refractivity contribution is 0.107. The van der Waals surface area contributed by atoms with Crippen molar-refractivity contribution < 1.29 is 14.3 Å². The van der Waals surface area contributed by atoms with Crippen LogP contribution in [-0.4, -0.2) is 40.3 Å². The zero-order valence-corrected chi connectivity index (χ0v) is 10.5. The van der Waals surface area contributed by atoms with Gasteiger partial charge in [0, 0.05) is 0 Å². The van der Waals surface area contributed by atoms with Gasteiger partial charge in [-0.3, -0.25) is 0 Å². The molecule has 0 aromatic carbocycles. The van der Waals surface area contributed by atoms with Crippen molar-refractivity contribution in [3.05, 3.63) is 0 Å². The first-order valence-corrected chi connectivity index (χ1v) is 10.2. The van der Waals surface area contributed by atoms with Gasteiger partial charge in [-0.25, -0.2) is 0 Å². The van der Waals surface area contributed by atoms with E-state index in [1.165, 1.54) is 0 Å². The fraction of sp³-hybridized carbons (Fsp3) is 1.00. The van der Waals surface area contributed by atoms with Gasteiger partial charge in [0.15, 0.2) is 17.4 Å². The molecule has 0 aliphatic heterocycles. The maximum absolute atomic E-state index is 9.23. The van der Waals surface area contributed by atoms with Crippen LogP contribution in [0.5, 0.6) is 0 Å². The molecule has 0 spiro atoms. The maximum atomic E-state index is 9.23. The van der Waals surface area contributed by atoms with Gasteiger partial charge >= 0.3 is 0 Å². The summed E-state index contributed by atoms with van der Waals surface area (Å²) >= 11 is 0. The van der Waals surface area contributed by atoms with Gasteiger partial charge in [-0.15, -0.1) is 0 Å². The van der Waals surface area contributed by atoms with Crippen LogP contribution in [0.2, 0.25) is 32.2 Å². The molecular formula is C7H20O3Si2. The van der Waals surface area contributed by atoms with E-state index in [1.54, 1.807) is 0 Å². The van der Waals surface area contributed by atoms with Gasteiger partial charge in [0.25, 0.3) is 0 Å². The summed E-state index contributed by atoms with van der Waals surface area (Å²) in [6.07, 6.45) is -0.598. The molecule has 1 atom stereocenters. The molecule has 0 rings (SSSR count). The highest BCUT2D eigenvalue weighted by molar-refractivity contribution is 6.77. The average Bonchev–Trinajstić information content (AvgIpc) is 1.83. The van der Waals surface area contributed by atoms with Crippen molar-refractivity contribution in [2.75, 3.05) is 6.61 Å². The molecule has 5 heteroatoms. The summed E-state index contributed by atoms with van der Waals surface area (Å²) < 4.78 is 5.82. The van der Waals surface area contributed by atoms with Gasteiger partial charge in [-0.2, -0.15) is 0 Å². The van der Waals surface area contributed by atoms with E-state index >= 15 is 0 Å². The fourth-order valence-electron chi connectivity index (χ4n) is 1.32. The highest BCUT2D eigenvalue weighted by atomic mass is 28.4. The second-order valence-electron chi connectivity index (χ2n) is 3.97. The Balaban J connectivity index is 3.85. The fourth-order valence-corrected chi connectivity index (χ4v) is 8.07. The van der Waals surface area contributed by atoms with Crippen LogP contribution in [0.4, 0.5) is 0 Å². The molecule has 12 heavy (non-hydrogen) atoms. The Labute approximate surface area is 77.2 Å². The molecule has 0 aliphatic rings. The first kappa shape index (κ1) is 12.3. The van der Waals surface area contributed by atoms with Crippen molar-refractivity contribution in [2.24, 2.45) is 0 Å². The lowest BCUT2D eigenvalue weighted by Gasteiger charge is -2.27. The maximum Gasteiger partial charge on any atom is 0.175 e. The molecule has 0 aromatic rings. The Kier molecular flexibility index (Phi) is 5.27. The summed E-state index contributed by atoms with van der Waals surface area (Å²) in [4.78, 5) is 0. The van der Waals surface area contributed by atoms with Crippen LogP contribution in [0, 0.1) is 0 Å². The van der Waals surface area contributed by atoms with E-state index in [0.717, 1.165) is 0 Å². The van der Waals surface area contributed by atoms with E-state index in [1.807, 2.05) is 0 Å². The Morgan fingerprint density at radius 2 is 1.92 bits per heavy atom. The average molecular weight is 208 g/mol. The van der Waals surface area contributed by atoms with E-state index < -0.39 is 23.5 Å². The van der Waals surface area contributed by atoms with Crippen molar-refractivity contribution in [3.63, 3.8) is 0 Å². The van der Waals surface area contributed by atoms with Crippen LogP contribution in [0.1, 0.15) is 0 Å². The highest BCUT2D eigenvalue weighted by Crippen LogP contribution is 2.14. The zero-order chi connectivity index (χ0) is 9.78. The highest BCUT2D eigenvalue weighted by Gasteiger charge is 2.26. The summed E-state index contributed by atoms with van der Waals surface area (Å²) in [6, 6.07) is 0.634. The monoisotopic (exact) mass is 208 g/mol. The van der Waals surface area contributed by atoms with Crippen LogP contribution < -0.4 is 0 Å². The normalized spacial score (nSPS) is 15.2. The summed E-state index contributed by atoms with van der Waals surface area (Å²) in [5.41, 5.74) is 0. The standard InChI is InChI=1S/C7H20O3Si2/c1-11(2)10-12(3,4)6-7(9)5-8/h7-9,11H,5-6H2,1-4H3. The first-order chi connectivity index (χ1) is 5.37. The van der Waals surface area contributed by atoms with Crippen molar-refractivity contribution >= 4 is 17.4 Å². The molecule has 0 bridgehead atoms. The van der Waals surface area contributed by atoms with Gasteiger partial charge in [0.1, 0.15) is 0 Å². The van der Waals surface area contributed by atoms with Crippen LogP contribution in [0.25, 0.3) is 0 Å². The SMILES string of the molecule is C[SiH](C)O[Si](C)(C)CC(O)CO. The minimum atomic E-state index is -1.70. The molecule has 0 heterocycles. The molecule has 0 aromatic heterocycles. The Bertz CT molecular complexity index is 128. The van der Waals surface area contributed by atoms with E-state index in [-0.39, 0.29) is 6.61 Å². The molecule has 0 saturated carbocycles. The summed E-state index contributed by atoms with van der Waals surface area (Å²) in [5.74, 6) is 0. The van der Waals surface area contributed by atoms with Crippen LogP contribution >= 0.6 is 0 Å². The predicted molar refractivity (Wildman–Crippen MR) is 55.3 cm³/mol. The summed E-state index contributed by atoms with van der Waals surface area (Å²) in [6.45, 7) is 8.26. The Morgan fingerprint density at radius 1 is 1.42 bits per heavy atom. The zero-order valence-electron chi connectivity index (χ0n) is 8.37. The number of aliphatic hydroxyl groups is 2. The van der Waals surface area contributed by atoms with Crippen LogP contribution in [0.3, 0.4) is 0 Å². The van der Waals surface area contributed by atoms with Gasteiger partial charge in [0.2, 0.25) is 0 Å². The minimum Gasteiger partial charge on any atom is -0.458 e. The molecule has 0 amide bonds. The third-order valence-electron chi connectivity index (χ3n) is 1.49. The Morgan fingerprint density at radius 3 is 2.25 bits per heavy atom. The summed E-state index contributed by atoms with van der Waals surface area (Å²) in [5, 5.41) is 17.9. The predicted octanol–water partition coefficient (Wildman–Crippen LogP) is 0.545. The van der Waals surface area contributed by atoms with E-state index in [9.17, 15) is 5.11 Å². The number of hydrogen-bond acceptors (Lipinski definition) is 3. The molecule has 74 valence electrons. The van der Waals surface area contributed by atoms with Gasteiger partial charge in [-0.1, -0.05) is 0 Å². The lowest BCUT2D eigenvalue weighted by Crippen LogP contribution is -2.39. The van der Waals surface area contributed by atoms with E-state index in [4.69, 9.17) is 9.22 Å². The third kappa shape index (κ3) is 5.90. The molecule has 0 fully saturated rings. The second-order valence-corrected chi connectivity index (χ2v) is 10.9. The first-order valence-electron chi connectivity index (χ1n) is 4.34. The molecule has 1 unspecified atom stereocenters. The molecule has 2 N–H and O–H groups in total. The minimum absolute atomic E-state index is 0.153. The molecular weight excluding hydrogens is 188 g/mol. The lowest BCUT2D eigenvalue weighted by atomic mass is 10.4. The largest absolute Gasteiger partial charge is 0.458 e. The van der Waals surface area contributed by atoms with Gasteiger partial charge < -0.3 is 14.3 Å². The number of hydrogen-bond donors (Lipinski definition) is 2. The van der Waals surface area contributed by atoms with Crippen molar-refractivity contribution in [1.82, 2.24) is 0 Å². The van der Waals surface area contributed by atoms with Crippen molar-refractivity contribution in [1.29, 1.82) is 0 Å². The second kappa shape index (κ2) is 5.13. The van der Waals surface area contributed by atoms with Gasteiger partial charge in [0.05, 0.1) is 12.7 Å². The van der Waals surface area contributed by atoms with Gasteiger partial charge in [-0.05, 0) is 32.2 Å². The van der Waals surface area contributed by atoms with Crippen molar-refractivity contribution in [2.45, 2.75) is 38.3 Å². The van der Waals surface area contributed by atoms with Crippen molar-refractivity contribution in [3.8, 4) is 0 Å². The smallest absolute Gasteiger partial charge is 0.175 e. The Hall–Kier alpha value is 0.314.